The Labute approximate surface area is 125 Å². The zero-order chi connectivity index (χ0) is 14.7. The highest BCUT2D eigenvalue weighted by Gasteiger charge is 2.19. The van der Waals surface area contributed by atoms with Gasteiger partial charge >= 0.3 is 0 Å². The van der Waals surface area contributed by atoms with Gasteiger partial charge in [0, 0.05) is 13.1 Å². The van der Waals surface area contributed by atoms with Crippen LogP contribution in [0.15, 0.2) is 59.5 Å². The Bertz CT molecular complexity index is 708. The van der Waals surface area contributed by atoms with Crippen LogP contribution in [0.1, 0.15) is 12.8 Å². The second-order valence-electron chi connectivity index (χ2n) is 5.13. The van der Waals surface area contributed by atoms with Gasteiger partial charge in [0.1, 0.15) is 0 Å². The summed E-state index contributed by atoms with van der Waals surface area (Å²) in [7, 11) is -3.54. The van der Waals surface area contributed by atoms with Crippen molar-refractivity contribution < 1.29 is 8.42 Å². The molecule has 2 aromatic rings. The molecule has 1 heterocycles. The highest BCUT2D eigenvalue weighted by atomic mass is 32.2. The van der Waals surface area contributed by atoms with E-state index in [0.717, 1.165) is 31.6 Å². The van der Waals surface area contributed by atoms with Crippen LogP contribution in [-0.4, -0.2) is 21.5 Å². The Kier molecular flexibility index (Phi) is 3.84. The van der Waals surface area contributed by atoms with Gasteiger partial charge < -0.3 is 4.90 Å². The summed E-state index contributed by atoms with van der Waals surface area (Å²) in [4.78, 5) is 2.50. The Morgan fingerprint density at radius 3 is 2.19 bits per heavy atom. The third-order valence-electron chi connectivity index (χ3n) is 3.65. The molecule has 2 aromatic carbocycles. The quantitative estimate of drug-likeness (QED) is 0.944. The number of rotatable bonds is 4. The molecule has 0 atom stereocenters. The number of sulfonamides is 1. The molecule has 3 rings (SSSR count). The molecule has 0 radical (unpaired) electrons. The van der Waals surface area contributed by atoms with Crippen molar-refractivity contribution in [1.29, 1.82) is 0 Å². The number of hydrogen-bond donors (Lipinski definition) is 1. The maximum Gasteiger partial charge on any atom is 0.261 e. The molecule has 1 saturated heterocycles. The van der Waals surface area contributed by atoms with Crippen LogP contribution < -0.4 is 9.62 Å². The molecule has 110 valence electrons. The van der Waals surface area contributed by atoms with Crippen LogP contribution in [0.2, 0.25) is 0 Å². The van der Waals surface area contributed by atoms with Crippen LogP contribution in [0, 0.1) is 0 Å². The van der Waals surface area contributed by atoms with E-state index >= 15 is 0 Å². The number of nitrogens with one attached hydrogen (secondary N) is 1. The molecule has 21 heavy (non-hydrogen) atoms. The first-order valence-electron chi connectivity index (χ1n) is 7.09. The van der Waals surface area contributed by atoms with Gasteiger partial charge in [-0.05, 0) is 37.1 Å². The normalized spacial score (nSPS) is 15.1. The molecule has 0 saturated carbocycles. The van der Waals surface area contributed by atoms with Crippen molar-refractivity contribution in [2.24, 2.45) is 0 Å². The van der Waals surface area contributed by atoms with Crippen molar-refractivity contribution in [2.45, 2.75) is 17.7 Å². The summed E-state index contributed by atoms with van der Waals surface area (Å²) in [6.45, 7) is 1.95. The smallest absolute Gasteiger partial charge is 0.261 e. The monoisotopic (exact) mass is 302 g/mol. The van der Waals surface area contributed by atoms with Gasteiger partial charge in [0.2, 0.25) is 0 Å². The predicted octanol–water partition coefficient (Wildman–Crippen LogP) is 3.09. The number of benzene rings is 2. The topological polar surface area (TPSA) is 49.4 Å². The van der Waals surface area contributed by atoms with Crippen molar-refractivity contribution in [2.75, 3.05) is 22.7 Å². The van der Waals surface area contributed by atoms with E-state index in [-0.39, 0.29) is 4.90 Å². The van der Waals surface area contributed by atoms with Gasteiger partial charge in [0.15, 0.2) is 0 Å². The number of nitrogens with zero attached hydrogens (tertiary/aromatic N) is 1. The summed E-state index contributed by atoms with van der Waals surface area (Å²) >= 11 is 0. The summed E-state index contributed by atoms with van der Waals surface area (Å²) in [6, 6.07) is 16.0. The van der Waals surface area contributed by atoms with Crippen LogP contribution in [0.5, 0.6) is 0 Å². The lowest BCUT2D eigenvalue weighted by molar-refractivity contribution is 0.601. The third kappa shape index (κ3) is 3.03. The molecule has 0 unspecified atom stereocenters. The van der Waals surface area contributed by atoms with E-state index < -0.39 is 10.0 Å². The summed E-state index contributed by atoms with van der Waals surface area (Å²) in [5.41, 5.74) is 1.60. The molecule has 0 aromatic heterocycles. The molecule has 1 aliphatic heterocycles. The summed E-state index contributed by atoms with van der Waals surface area (Å²) in [5.74, 6) is 0. The number of para-hydroxylation sites is 2. The molecular formula is C16H18N2O2S. The van der Waals surface area contributed by atoms with Crippen molar-refractivity contribution >= 4 is 21.4 Å². The predicted molar refractivity (Wildman–Crippen MR) is 85.1 cm³/mol. The van der Waals surface area contributed by atoms with E-state index in [4.69, 9.17) is 0 Å². The molecular weight excluding hydrogens is 284 g/mol. The maximum atomic E-state index is 12.4. The average molecular weight is 302 g/mol. The van der Waals surface area contributed by atoms with Crippen LogP contribution in [0.4, 0.5) is 11.4 Å². The van der Waals surface area contributed by atoms with E-state index in [0.29, 0.717) is 5.69 Å². The Hall–Kier alpha value is -2.01. The Morgan fingerprint density at radius 1 is 0.857 bits per heavy atom. The van der Waals surface area contributed by atoms with E-state index in [1.54, 1.807) is 30.3 Å². The van der Waals surface area contributed by atoms with Gasteiger partial charge in [-0.25, -0.2) is 8.42 Å². The van der Waals surface area contributed by atoms with E-state index in [1.807, 2.05) is 24.3 Å². The van der Waals surface area contributed by atoms with Gasteiger partial charge in [0.05, 0.1) is 16.3 Å². The minimum atomic E-state index is -3.54. The van der Waals surface area contributed by atoms with Gasteiger partial charge in [-0.2, -0.15) is 0 Å². The Morgan fingerprint density at radius 2 is 1.48 bits per heavy atom. The lowest BCUT2D eigenvalue weighted by Gasteiger charge is -2.21. The van der Waals surface area contributed by atoms with Gasteiger partial charge in [0.25, 0.3) is 10.0 Å². The highest BCUT2D eigenvalue weighted by Crippen LogP contribution is 2.30. The second kappa shape index (κ2) is 5.77. The zero-order valence-corrected chi connectivity index (χ0v) is 12.5. The summed E-state index contributed by atoms with van der Waals surface area (Å²) in [5, 5.41) is 0. The largest absolute Gasteiger partial charge is 0.370 e. The van der Waals surface area contributed by atoms with Crippen molar-refractivity contribution in [3.8, 4) is 0 Å². The number of hydrogen-bond acceptors (Lipinski definition) is 3. The molecule has 0 amide bonds. The van der Waals surface area contributed by atoms with E-state index in [1.165, 1.54) is 0 Å². The standard InChI is InChI=1S/C16H18N2O2S/c19-21(20,14-8-2-1-3-9-14)17-15-10-4-5-11-16(15)18-12-6-7-13-18/h1-5,8-11,17H,6-7,12-13H2. The molecule has 0 spiro atoms. The SMILES string of the molecule is O=S(=O)(Nc1ccccc1N1CCCC1)c1ccccc1. The fourth-order valence-electron chi connectivity index (χ4n) is 2.60. The van der Waals surface area contributed by atoms with Crippen molar-refractivity contribution in [3.63, 3.8) is 0 Å². The average Bonchev–Trinajstić information content (AvgIpc) is 3.02. The van der Waals surface area contributed by atoms with Crippen LogP contribution in [-0.2, 0) is 10.0 Å². The molecule has 5 heteroatoms. The second-order valence-corrected chi connectivity index (χ2v) is 6.81. The first-order chi connectivity index (χ1) is 10.2. The minimum Gasteiger partial charge on any atom is -0.370 e. The van der Waals surface area contributed by atoms with Crippen LogP contribution in [0.3, 0.4) is 0 Å². The van der Waals surface area contributed by atoms with Crippen LogP contribution >= 0.6 is 0 Å². The minimum absolute atomic E-state index is 0.279. The molecule has 1 aliphatic rings. The zero-order valence-electron chi connectivity index (χ0n) is 11.7. The Balaban J connectivity index is 1.91. The first-order valence-corrected chi connectivity index (χ1v) is 8.57. The van der Waals surface area contributed by atoms with E-state index in [9.17, 15) is 8.42 Å². The third-order valence-corrected chi connectivity index (χ3v) is 5.03. The first kappa shape index (κ1) is 13.9. The molecule has 0 aliphatic carbocycles. The fourth-order valence-corrected chi connectivity index (χ4v) is 3.69. The molecule has 4 nitrogen and oxygen atoms in total. The lowest BCUT2D eigenvalue weighted by atomic mass is 10.2. The molecule has 1 N–H and O–H groups in total. The summed E-state index contributed by atoms with van der Waals surface area (Å²) in [6.07, 6.45) is 2.31. The fraction of sp³-hybridized carbons (Fsp3) is 0.250. The van der Waals surface area contributed by atoms with Crippen LogP contribution in [0.25, 0.3) is 0 Å². The van der Waals surface area contributed by atoms with Crippen molar-refractivity contribution in [3.05, 3.63) is 54.6 Å². The lowest BCUT2D eigenvalue weighted by Crippen LogP contribution is -2.21. The maximum absolute atomic E-state index is 12.4. The number of anilines is 2. The van der Waals surface area contributed by atoms with Gasteiger partial charge in [-0.15, -0.1) is 0 Å². The van der Waals surface area contributed by atoms with Gasteiger partial charge in [-0.1, -0.05) is 30.3 Å². The molecule has 0 bridgehead atoms. The highest BCUT2D eigenvalue weighted by molar-refractivity contribution is 7.92. The van der Waals surface area contributed by atoms with Crippen molar-refractivity contribution in [1.82, 2.24) is 0 Å². The van der Waals surface area contributed by atoms with Gasteiger partial charge in [-0.3, -0.25) is 4.72 Å². The molecule has 1 fully saturated rings. The summed E-state index contributed by atoms with van der Waals surface area (Å²) < 4.78 is 27.6. The van der Waals surface area contributed by atoms with E-state index in [2.05, 4.69) is 9.62 Å².